The van der Waals surface area contributed by atoms with Crippen molar-refractivity contribution in [3.05, 3.63) is 24.5 Å². The van der Waals surface area contributed by atoms with Crippen molar-refractivity contribution < 1.29 is 4.74 Å². The minimum atomic E-state index is 0.0994. The van der Waals surface area contributed by atoms with Crippen molar-refractivity contribution in [3.8, 4) is 5.75 Å². The highest BCUT2D eigenvalue weighted by Crippen LogP contribution is 2.32. The summed E-state index contributed by atoms with van der Waals surface area (Å²) in [5.41, 5.74) is 6.52. The van der Waals surface area contributed by atoms with E-state index < -0.39 is 0 Å². The number of benzene rings is 1. The molecule has 0 saturated carbocycles. The van der Waals surface area contributed by atoms with Gasteiger partial charge in [0.05, 0.1) is 11.8 Å². The van der Waals surface area contributed by atoms with Crippen LogP contribution in [0.5, 0.6) is 5.75 Å². The molecular formula is C12H16N4OS. The lowest BCUT2D eigenvalue weighted by Crippen LogP contribution is -2.07. The van der Waals surface area contributed by atoms with Gasteiger partial charge in [-0.25, -0.2) is 0 Å². The molecule has 2 N–H and O–H groups in total. The number of aromatic nitrogens is 3. The van der Waals surface area contributed by atoms with E-state index in [9.17, 15) is 0 Å². The molecule has 18 heavy (non-hydrogen) atoms. The Labute approximate surface area is 110 Å². The first-order valence-electron chi connectivity index (χ1n) is 5.64. The fourth-order valence-corrected chi connectivity index (χ4v) is 2.20. The lowest BCUT2D eigenvalue weighted by molar-refractivity contribution is 0.243. The van der Waals surface area contributed by atoms with Crippen molar-refractivity contribution in [1.29, 1.82) is 0 Å². The van der Waals surface area contributed by atoms with Crippen molar-refractivity contribution in [3.63, 3.8) is 0 Å². The van der Waals surface area contributed by atoms with Crippen molar-refractivity contribution in [2.24, 2.45) is 7.05 Å². The quantitative estimate of drug-likeness (QED) is 0.859. The molecule has 0 amide bonds. The van der Waals surface area contributed by atoms with Gasteiger partial charge in [-0.05, 0) is 43.8 Å². The van der Waals surface area contributed by atoms with Crippen LogP contribution >= 0.6 is 11.8 Å². The molecule has 0 radical (unpaired) electrons. The molecule has 0 atom stereocenters. The highest BCUT2D eigenvalue weighted by atomic mass is 32.2. The average Bonchev–Trinajstić information content (AvgIpc) is 2.69. The van der Waals surface area contributed by atoms with Gasteiger partial charge in [-0.15, -0.1) is 10.2 Å². The average molecular weight is 264 g/mol. The van der Waals surface area contributed by atoms with Crippen LogP contribution in [0.1, 0.15) is 13.8 Å². The van der Waals surface area contributed by atoms with Crippen molar-refractivity contribution in [2.45, 2.75) is 30.0 Å². The molecule has 2 rings (SSSR count). The first-order chi connectivity index (χ1) is 8.56. The van der Waals surface area contributed by atoms with E-state index in [0.717, 1.165) is 10.1 Å². The van der Waals surface area contributed by atoms with Gasteiger partial charge >= 0.3 is 0 Å². The molecule has 0 fully saturated rings. The van der Waals surface area contributed by atoms with Gasteiger partial charge in [-0.2, -0.15) is 0 Å². The normalized spacial score (nSPS) is 10.9. The Morgan fingerprint density at radius 1 is 1.39 bits per heavy atom. The Bertz CT molecular complexity index is 539. The van der Waals surface area contributed by atoms with E-state index in [1.54, 1.807) is 6.33 Å². The number of rotatable bonds is 4. The molecule has 0 unspecified atom stereocenters. The SMILES string of the molecule is CC(C)Oc1cc(Sc2nncn2C)ccc1N. The van der Waals surface area contributed by atoms with Crippen LogP contribution in [0.3, 0.4) is 0 Å². The third kappa shape index (κ3) is 2.95. The number of hydrogen-bond donors (Lipinski definition) is 1. The summed E-state index contributed by atoms with van der Waals surface area (Å²) in [6, 6.07) is 5.72. The highest BCUT2D eigenvalue weighted by molar-refractivity contribution is 7.99. The Hall–Kier alpha value is -1.69. The molecule has 1 heterocycles. The Balaban J connectivity index is 2.22. The van der Waals surface area contributed by atoms with E-state index >= 15 is 0 Å². The van der Waals surface area contributed by atoms with E-state index in [0.29, 0.717) is 11.4 Å². The summed E-state index contributed by atoms with van der Waals surface area (Å²) in [5, 5.41) is 8.70. The summed E-state index contributed by atoms with van der Waals surface area (Å²) >= 11 is 1.52. The fourth-order valence-electron chi connectivity index (χ4n) is 1.40. The van der Waals surface area contributed by atoms with Crippen LogP contribution in [0.25, 0.3) is 0 Å². The number of aryl methyl sites for hydroxylation is 1. The number of nitrogens with zero attached hydrogens (tertiary/aromatic N) is 3. The summed E-state index contributed by atoms with van der Waals surface area (Å²) in [4.78, 5) is 1.02. The lowest BCUT2D eigenvalue weighted by atomic mass is 10.3. The molecule has 0 spiro atoms. The van der Waals surface area contributed by atoms with Gasteiger partial charge in [0, 0.05) is 11.9 Å². The summed E-state index contributed by atoms with van der Waals surface area (Å²) < 4.78 is 7.52. The zero-order valence-electron chi connectivity index (χ0n) is 10.6. The molecule has 0 saturated heterocycles. The van der Waals surface area contributed by atoms with Gasteiger partial charge in [0.25, 0.3) is 0 Å². The highest BCUT2D eigenvalue weighted by Gasteiger charge is 2.08. The molecule has 1 aromatic carbocycles. The van der Waals surface area contributed by atoms with E-state index in [4.69, 9.17) is 10.5 Å². The van der Waals surface area contributed by atoms with Crippen LogP contribution in [0.15, 0.2) is 34.6 Å². The van der Waals surface area contributed by atoms with Gasteiger partial charge < -0.3 is 15.0 Å². The zero-order chi connectivity index (χ0) is 13.1. The molecule has 96 valence electrons. The molecule has 0 bridgehead atoms. The van der Waals surface area contributed by atoms with Crippen LogP contribution in [-0.2, 0) is 7.05 Å². The predicted octanol–water partition coefficient (Wildman–Crippen LogP) is 2.34. The third-order valence-electron chi connectivity index (χ3n) is 2.23. The molecule has 2 aromatic rings. The number of ether oxygens (including phenoxy) is 1. The number of hydrogen-bond acceptors (Lipinski definition) is 5. The van der Waals surface area contributed by atoms with E-state index in [-0.39, 0.29) is 6.10 Å². The maximum absolute atomic E-state index is 5.87. The number of nitrogens with two attached hydrogens (primary N) is 1. The first-order valence-corrected chi connectivity index (χ1v) is 6.46. The third-order valence-corrected chi connectivity index (χ3v) is 3.27. The summed E-state index contributed by atoms with van der Waals surface area (Å²) in [5.74, 6) is 0.706. The second-order valence-electron chi connectivity index (χ2n) is 4.19. The summed E-state index contributed by atoms with van der Waals surface area (Å²) in [7, 11) is 1.91. The van der Waals surface area contributed by atoms with Crippen LogP contribution in [-0.4, -0.2) is 20.9 Å². The Morgan fingerprint density at radius 3 is 2.78 bits per heavy atom. The van der Waals surface area contributed by atoms with E-state index in [1.165, 1.54) is 11.8 Å². The molecule has 0 aliphatic heterocycles. The summed E-state index contributed by atoms with van der Waals surface area (Å²) in [6.07, 6.45) is 1.77. The van der Waals surface area contributed by atoms with Gasteiger partial charge in [0.1, 0.15) is 12.1 Å². The molecule has 0 aliphatic rings. The molecule has 6 heteroatoms. The smallest absolute Gasteiger partial charge is 0.195 e. The largest absolute Gasteiger partial charge is 0.489 e. The minimum Gasteiger partial charge on any atom is -0.489 e. The van der Waals surface area contributed by atoms with Crippen LogP contribution < -0.4 is 10.5 Å². The molecule has 5 nitrogen and oxygen atoms in total. The van der Waals surface area contributed by atoms with Crippen molar-refractivity contribution in [1.82, 2.24) is 14.8 Å². The molecule has 1 aromatic heterocycles. The van der Waals surface area contributed by atoms with Crippen LogP contribution in [0, 0.1) is 0 Å². The van der Waals surface area contributed by atoms with Crippen molar-refractivity contribution >= 4 is 17.4 Å². The first kappa shape index (κ1) is 12.8. The maximum atomic E-state index is 5.87. The molecule has 0 aliphatic carbocycles. The summed E-state index contributed by atoms with van der Waals surface area (Å²) in [6.45, 7) is 3.95. The second kappa shape index (κ2) is 5.30. The Morgan fingerprint density at radius 2 is 2.17 bits per heavy atom. The van der Waals surface area contributed by atoms with E-state index in [2.05, 4.69) is 10.2 Å². The monoisotopic (exact) mass is 264 g/mol. The second-order valence-corrected chi connectivity index (χ2v) is 5.23. The van der Waals surface area contributed by atoms with Crippen LogP contribution in [0.2, 0.25) is 0 Å². The lowest BCUT2D eigenvalue weighted by Gasteiger charge is -2.13. The fraction of sp³-hybridized carbons (Fsp3) is 0.333. The van der Waals surface area contributed by atoms with Gasteiger partial charge in [0.2, 0.25) is 0 Å². The predicted molar refractivity (Wildman–Crippen MR) is 71.7 cm³/mol. The zero-order valence-corrected chi connectivity index (χ0v) is 11.4. The van der Waals surface area contributed by atoms with Crippen molar-refractivity contribution in [2.75, 3.05) is 5.73 Å². The number of nitrogen functional groups attached to an aromatic ring is 1. The topological polar surface area (TPSA) is 66.0 Å². The van der Waals surface area contributed by atoms with Gasteiger partial charge in [0.15, 0.2) is 5.16 Å². The maximum Gasteiger partial charge on any atom is 0.195 e. The van der Waals surface area contributed by atoms with Crippen LogP contribution in [0.4, 0.5) is 5.69 Å². The standard InChI is InChI=1S/C12H16N4OS/c1-8(2)17-11-6-9(4-5-10(11)13)18-12-15-14-7-16(12)3/h4-8H,13H2,1-3H3. The Kier molecular flexibility index (Phi) is 3.76. The minimum absolute atomic E-state index is 0.0994. The van der Waals surface area contributed by atoms with E-state index in [1.807, 2.05) is 43.7 Å². The van der Waals surface area contributed by atoms with Gasteiger partial charge in [-0.1, -0.05) is 0 Å². The molecular weight excluding hydrogens is 248 g/mol. The number of anilines is 1. The van der Waals surface area contributed by atoms with Gasteiger partial charge in [-0.3, -0.25) is 0 Å².